The molecule has 9 heteroatoms. The molecule has 0 bridgehead atoms. The predicted octanol–water partition coefficient (Wildman–Crippen LogP) is 3.60. The summed E-state index contributed by atoms with van der Waals surface area (Å²) in [7, 11) is 1.59. The van der Waals surface area contributed by atoms with Gasteiger partial charge in [-0.3, -0.25) is 9.36 Å². The smallest absolute Gasteiger partial charge is 0.338 e. The van der Waals surface area contributed by atoms with Crippen LogP contribution in [-0.2, 0) is 9.53 Å². The maximum atomic E-state index is 13.8. The second-order valence-corrected chi connectivity index (χ2v) is 9.13. The van der Waals surface area contributed by atoms with Gasteiger partial charge >= 0.3 is 5.97 Å². The van der Waals surface area contributed by atoms with E-state index in [1.54, 1.807) is 37.7 Å². The monoisotopic (exact) mass is 522 g/mol. The number of methoxy groups -OCH3 is 1. The van der Waals surface area contributed by atoms with Crippen molar-refractivity contribution in [3.05, 3.63) is 84.5 Å². The molecule has 3 aromatic rings. The molecule has 0 radical (unpaired) electrons. The maximum absolute atomic E-state index is 13.8. The van der Waals surface area contributed by atoms with E-state index >= 15 is 0 Å². The largest absolute Gasteiger partial charge is 0.496 e. The van der Waals surface area contributed by atoms with E-state index in [-0.39, 0.29) is 12.2 Å². The zero-order valence-electron chi connectivity index (χ0n) is 21.6. The molecule has 8 nitrogen and oxygen atoms in total. The van der Waals surface area contributed by atoms with Crippen LogP contribution < -0.4 is 29.1 Å². The van der Waals surface area contributed by atoms with Crippen molar-refractivity contribution in [2.45, 2.75) is 33.7 Å². The van der Waals surface area contributed by atoms with Crippen molar-refractivity contribution in [1.29, 1.82) is 0 Å². The molecule has 0 spiro atoms. The van der Waals surface area contributed by atoms with E-state index in [2.05, 4.69) is 4.99 Å². The van der Waals surface area contributed by atoms with Crippen molar-refractivity contribution in [3.8, 4) is 17.2 Å². The van der Waals surface area contributed by atoms with Gasteiger partial charge in [0, 0.05) is 5.56 Å². The molecular weight excluding hydrogens is 492 g/mol. The van der Waals surface area contributed by atoms with E-state index in [9.17, 15) is 9.59 Å². The summed E-state index contributed by atoms with van der Waals surface area (Å²) in [6.07, 6.45) is 1.78. The van der Waals surface area contributed by atoms with Crippen molar-refractivity contribution in [2.24, 2.45) is 4.99 Å². The van der Waals surface area contributed by atoms with E-state index < -0.39 is 12.0 Å². The van der Waals surface area contributed by atoms with E-state index in [1.807, 2.05) is 50.2 Å². The molecule has 0 saturated heterocycles. The van der Waals surface area contributed by atoms with E-state index in [1.165, 1.54) is 11.3 Å². The number of nitrogens with zero attached hydrogens (tertiary/aromatic N) is 2. The molecule has 0 saturated carbocycles. The van der Waals surface area contributed by atoms with Crippen LogP contribution in [-0.4, -0.2) is 37.5 Å². The second-order valence-electron chi connectivity index (χ2n) is 8.12. The van der Waals surface area contributed by atoms with Crippen LogP contribution in [0.15, 0.2) is 63.5 Å². The van der Waals surface area contributed by atoms with Gasteiger partial charge in [-0.1, -0.05) is 35.6 Å². The Kier molecular flexibility index (Phi) is 8.13. The average molecular weight is 523 g/mol. The average Bonchev–Trinajstić information content (AvgIpc) is 3.19. The first-order valence-corrected chi connectivity index (χ1v) is 13.0. The van der Waals surface area contributed by atoms with Gasteiger partial charge in [0.2, 0.25) is 0 Å². The fraction of sp³-hybridized carbons (Fsp3) is 0.321. The Balaban J connectivity index is 1.96. The Morgan fingerprint density at radius 1 is 1.03 bits per heavy atom. The lowest BCUT2D eigenvalue weighted by atomic mass is 9.95. The molecule has 1 unspecified atom stereocenters. The Bertz CT molecular complexity index is 1520. The van der Waals surface area contributed by atoms with Gasteiger partial charge < -0.3 is 18.9 Å². The molecule has 194 valence electrons. The lowest BCUT2D eigenvalue weighted by Crippen LogP contribution is -2.40. The quantitative estimate of drug-likeness (QED) is 0.399. The number of fused-ring (bicyclic) bond motifs is 1. The molecule has 1 aromatic heterocycles. The molecule has 2 aromatic carbocycles. The van der Waals surface area contributed by atoms with Crippen molar-refractivity contribution in [2.75, 3.05) is 26.9 Å². The SMILES string of the molecule is CCOC(=O)C1=C(C)N=c2s/c(=C\c3ccccc3OC)c(=O)n2C1c1ccc(OCC)c(OCC)c1. The zero-order chi connectivity index (χ0) is 26.5. The van der Waals surface area contributed by atoms with Crippen LogP contribution >= 0.6 is 11.3 Å². The normalized spacial score (nSPS) is 15.2. The van der Waals surface area contributed by atoms with E-state index in [0.717, 1.165) is 5.56 Å². The molecule has 0 N–H and O–H groups in total. The highest BCUT2D eigenvalue weighted by Crippen LogP contribution is 2.36. The summed E-state index contributed by atoms with van der Waals surface area (Å²) in [6, 6.07) is 12.2. The number of ether oxygens (including phenoxy) is 4. The predicted molar refractivity (Wildman–Crippen MR) is 142 cm³/mol. The summed E-state index contributed by atoms with van der Waals surface area (Å²) < 4.78 is 24.4. The lowest BCUT2D eigenvalue weighted by Gasteiger charge is -2.25. The molecule has 1 aliphatic rings. The Hall–Kier alpha value is -3.85. The molecule has 0 amide bonds. The van der Waals surface area contributed by atoms with Crippen LogP contribution in [0.4, 0.5) is 0 Å². The van der Waals surface area contributed by atoms with E-state index in [4.69, 9.17) is 18.9 Å². The van der Waals surface area contributed by atoms with Gasteiger partial charge in [-0.15, -0.1) is 0 Å². The first-order chi connectivity index (χ1) is 17.9. The number of benzene rings is 2. The van der Waals surface area contributed by atoms with Gasteiger partial charge in [-0.2, -0.15) is 0 Å². The number of esters is 1. The van der Waals surface area contributed by atoms with Gasteiger partial charge in [0.1, 0.15) is 5.75 Å². The van der Waals surface area contributed by atoms with Gasteiger partial charge in [0.15, 0.2) is 16.3 Å². The van der Waals surface area contributed by atoms with Crippen molar-refractivity contribution in [3.63, 3.8) is 0 Å². The first-order valence-electron chi connectivity index (χ1n) is 12.2. The van der Waals surface area contributed by atoms with Crippen LogP contribution in [0.2, 0.25) is 0 Å². The van der Waals surface area contributed by atoms with Crippen LogP contribution in [0, 0.1) is 0 Å². The van der Waals surface area contributed by atoms with Crippen molar-refractivity contribution in [1.82, 2.24) is 4.57 Å². The third-order valence-corrected chi connectivity index (χ3v) is 6.81. The van der Waals surface area contributed by atoms with Crippen molar-refractivity contribution >= 4 is 23.4 Å². The minimum absolute atomic E-state index is 0.202. The molecule has 4 rings (SSSR count). The first kappa shape index (κ1) is 26.2. The molecule has 2 heterocycles. The number of hydrogen-bond acceptors (Lipinski definition) is 8. The molecule has 0 fully saturated rings. The summed E-state index contributed by atoms with van der Waals surface area (Å²) in [6.45, 7) is 8.40. The number of allylic oxidation sites excluding steroid dienone is 1. The summed E-state index contributed by atoms with van der Waals surface area (Å²) in [5.74, 6) is 1.27. The fourth-order valence-corrected chi connectivity index (χ4v) is 5.31. The Morgan fingerprint density at radius 2 is 1.76 bits per heavy atom. The maximum Gasteiger partial charge on any atom is 0.338 e. The summed E-state index contributed by atoms with van der Waals surface area (Å²) in [5, 5.41) is 0. The number of hydrogen-bond donors (Lipinski definition) is 0. The topological polar surface area (TPSA) is 88.4 Å². The van der Waals surface area contributed by atoms with Crippen LogP contribution in [0.3, 0.4) is 0 Å². The number of carbonyl (C=O) groups is 1. The third kappa shape index (κ3) is 5.17. The number of carbonyl (C=O) groups excluding carboxylic acids is 1. The van der Waals surface area contributed by atoms with Crippen LogP contribution in [0.5, 0.6) is 17.2 Å². The van der Waals surface area contributed by atoms with Crippen LogP contribution in [0.1, 0.15) is 44.9 Å². The van der Waals surface area contributed by atoms with Gasteiger partial charge in [0.05, 0.1) is 48.8 Å². The summed E-state index contributed by atoms with van der Waals surface area (Å²) >= 11 is 1.26. The fourth-order valence-electron chi connectivity index (χ4n) is 4.27. The zero-order valence-corrected chi connectivity index (χ0v) is 22.4. The highest BCUT2D eigenvalue weighted by atomic mass is 32.1. The number of para-hydroxylation sites is 1. The minimum Gasteiger partial charge on any atom is -0.496 e. The highest BCUT2D eigenvalue weighted by molar-refractivity contribution is 7.07. The molecular formula is C28H30N2O6S. The third-order valence-electron chi connectivity index (χ3n) is 5.83. The summed E-state index contributed by atoms with van der Waals surface area (Å²) in [4.78, 5) is 32.1. The number of thiazole rings is 1. The molecule has 0 aliphatic carbocycles. The van der Waals surface area contributed by atoms with E-state index in [0.29, 0.717) is 56.6 Å². The Labute approximate surface area is 219 Å². The molecule has 37 heavy (non-hydrogen) atoms. The molecule has 1 aliphatic heterocycles. The minimum atomic E-state index is -0.745. The number of aromatic nitrogens is 1. The van der Waals surface area contributed by atoms with Gasteiger partial charge in [-0.05, 0) is 57.5 Å². The van der Waals surface area contributed by atoms with Gasteiger partial charge in [-0.25, -0.2) is 9.79 Å². The summed E-state index contributed by atoms with van der Waals surface area (Å²) in [5.41, 5.74) is 2.01. The Morgan fingerprint density at radius 3 is 2.46 bits per heavy atom. The van der Waals surface area contributed by atoms with Crippen molar-refractivity contribution < 1.29 is 23.7 Å². The van der Waals surface area contributed by atoms with Crippen LogP contribution in [0.25, 0.3) is 6.08 Å². The highest BCUT2D eigenvalue weighted by Gasteiger charge is 2.34. The number of rotatable bonds is 9. The second kappa shape index (κ2) is 11.5. The standard InChI is InChI=1S/C28H30N2O6S/c1-6-34-21-14-13-19(15-22(21)35-7-2)25-24(27(32)36-8-3)17(4)29-28-30(25)26(31)23(37-28)16-18-11-9-10-12-20(18)33-5/h9-16,25H,6-8H2,1-5H3/b23-16-. The molecule has 1 atom stereocenters. The lowest BCUT2D eigenvalue weighted by molar-refractivity contribution is -0.139. The van der Waals surface area contributed by atoms with Gasteiger partial charge in [0.25, 0.3) is 5.56 Å².